The Morgan fingerprint density at radius 2 is 2.00 bits per heavy atom. The van der Waals surface area contributed by atoms with Crippen molar-refractivity contribution in [3.8, 4) is 6.07 Å². The third-order valence-electron chi connectivity index (χ3n) is 6.54. The molecule has 1 saturated carbocycles. The summed E-state index contributed by atoms with van der Waals surface area (Å²) in [4.78, 5) is 28.8. The van der Waals surface area contributed by atoms with Gasteiger partial charge in [-0.3, -0.25) is 9.69 Å². The van der Waals surface area contributed by atoms with E-state index >= 15 is 0 Å². The molecule has 1 aliphatic heterocycles. The van der Waals surface area contributed by atoms with E-state index in [0.717, 1.165) is 51.1 Å². The molecule has 0 unspecified atom stereocenters. The van der Waals surface area contributed by atoms with Crippen LogP contribution in [-0.4, -0.2) is 52.1 Å². The summed E-state index contributed by atoms with van der Waals surface area (Å²) in [6.07, 6.45) is 4.64. The average molecular weight is 418 g/mol. The smallest absolute Gasteiger partial charge is 0.258 e. The number of rotatable bonds is 3. The topological polar surface area (TPSA) is 88.9 Å². The number of nitrogens with one attached hydrogen (secondary N) is 1. The summed E-state index contributed by atoms with van der Waals surface area (Å²) >= 11 is 0. The molecule has 1 aliphatic carbocycles. The second-order valence-electron chi connectivity index (χ2n) is 8.28. The summed E-state index contributed by atoms with van der Waals surface area (Å²) in [5, 5.41) is 9.60. The lowest BCUT2D eigenvalue weighted by Gasteiger charge is -2.39. The summed E-state index contributed by atoms with van der Waals surface area (Å²) in [7, 11) is 0. The molecule has 1 aromatic carbocycles. The summed E-state index contributed by atoms with van der Waals surface area (Å²) in [6.45, 7) is 3.58. The minimum Gasteiger partial charge on any atom is -0.367 e. The fourth-order valence-electron chi connectivity index (χ4n) is 4.93. The lowest BCUT2D eigenvalue weighted by molar-refractivity contribution is 0.186. The number of aromatic nitrogens is 3. The zero-order valence-electron chi connectivity index (χ0n) is 17.1. The minimum absolute atomic E-state index is 0.202. The van der Waals surface area contributed by atoms with Crippen LogP contribution in [0.15, 0.2) is 41.3 Å². The molecule has 31 heavy (non-hydrogen) atoms. The van der Waals surface area contributed by atoms with Gasteiger partial charge in [0.15, 0.2) is 5.69 Å². The second kappa shape index (κ2) is 8.08. The van der Waals surface area contributed by atoms with E-state index in [9.17, 15) is 14.4 Å². The Hall–Kier alpha value is -3.31. The predicted molar refractivity (Wildman–Crippen MR) is 115 cm³/mol. The Labute approximate surface area is 179 Å². The van der Waals surface area contributed by atoms with E-state index in [0.29, 0.717) is 28.5 Å². The molecule has 3 aromatic rings. The molecule has 1 N–H and O–H groups in total. The number of hydrogen-bond donors (Lipinski definition) is 1. The van der Waals surface area contributed by atoms with Crippen molar-refractivity contribution in [2.45, 2.75) is 31.2 Å². The van der Waals surface area contributed by atoms with E-state index in [1.807, 2.05) is 12.1 Å². The highest BCUT2D eigenvalue weighted by molar-refractivity contribution is 5.77. The average Bonchev–Trinajstić information content (AvgIpc) is 3.30. The van der Waals surface area contributed by atoms with Crippen LogP contribution in [0.25, 0.3) is 10.9 Å². The molecule has 7 nitrogen and oxygen atoms in total. The summed E-state index contributed by atoms with van der Waals surface area (Å²) in [5.74, 6) is 0.480. The van der Waals surface area contributed by atoms with Crippen molar-refractivity contribution in [1.29, 1.82) is 5.26 Å². The van der Waals surface area contributed by atoms with Crippen LogP contribution in [0.1, 0.15) is 36.7 Å². The number of anilines is 1. The Balaban J connectivity index is 1.26. The van der Waals surface area contributed by atoms with Crippen molar-refractivity contribution in [3.63, 3.8) is 0 Å². The van der Waals surface area contributed by atoms with Crippen LogP contribution in [-0.2, 0) is 0 Å². The van der Waals surface area contributed by atoms with Gasteiger partial charge in [0.25, 0.3) is 5.56 Å². The molecule has 3 heterocycles. The van der Waals surface area contributed by atoms with E-state index in [-0.39, 0.29) is 11.5 Å². The van der Waals surface area contributed by atoms with Crippen LogP contribution in [0.2, 0.25) is 0 Å². The maximum atomic E-state index is 13.4. The molecule has 8 heteroatoms. The number of halogens is 1. The zero-order valence-corrected chi connectivity index (χ0v) is 17.1. The monoisotopic (exact) mass is 418 g/mol. The van der Waals surface area contributed by atoms with Crippen LogP contribution >= 0.6 is 0 Å². The van der Waals surface area contributed by atoms with Gasteiger partial charge in [0.2, 0.25) is 0 Å². The van der Waals surface area contributed by atoms with E-state index in [4.69, 9.17) is 0 Å². The Kier molecular flexibility index (Phi) is 5.12. The summed E-state index contributed by atoms with van der Waals surface area (Å²) in [6, 6.07) is 10.6. The fraction of sp³-hybridized carbons (Fsp3) is 0.391. The van der Waals surface area contributed by atoms with Gasteiger partial charge in [-0.2, -0.15) is 5.26 Å². The van der Waals surface area contributed by atoms with Crippen molar-refractivity contribution >= 4 is 16.6 Å². The first-order valence-electron chi connectivity index (χ1n) is 10.7. The third kappa shape index (κ3) is 3.77. The molecule has 0 amide bonds. The molecular weight excluding hydrogens is 395 g/mol. The molecule has 0 radical (unpaired) electrons. The predicted octanol–water partition coefficient (Wildman–Crippen LogP) is 2.79. The van der Waals surface area contributed by atoms with Crippen molar-refractivity contribution in [2.75, 3.05) is 31.1 Å². The molecule has 0 bridgehead atoms. The highest BCUT2D eigenvalue weighted by atomic mass is 19.1. The van der Waals surface area contributed by atoms with Crippen LogP contribution in [0.5, 0.6) is 0 Å². The number of pyridine rings is 1. The highest BCUT2D eigenvalue weighted by Gasteiger charge is 2.33. The van der Waals surface area contributed by atoms with Crippen LogP contribution in [0.4, 0.5) is 10.1 Å². The number of H-pyrrole nitrogens is 1. The molecule has 158 valence electrons. The van der Waals surface area contributed by atoms with Crippen molar-refractivity contribution in [3.05, 3.63) is 64.2 Å². The molecule has 5 rings (SSSR count). The number of nitriles is 1. The van der Waals surface area contributed by atoms with Crippen LogP contribution < -0.4 is 10.5 Å². The van der Waals surface area contributed by atoms with Gasteiger partial charge in [0.1, 0.15) is 17.7 Å². The Bertz CT molecular complexity index is 1210. The van der Waals surface area contributed by atoms with Crippen molar-refractivity contribution in [1.82, 2.24) is 19.9 Å². The largest absolute Gasteiger partial charge is 0.367 e. The first kappa shape index (κ1) is 19.6. The molecule has 2 fully saturated rings. The first-order valence-corrected chi connectivity index (χ1v) is 10.7. The van der Waals surface area contributed by atoms with E-state index in [2.05, 4.69) is 30.8 Å². The Morgan fingerprint density at radius 1 is 1.16 bits per heavy atom. The fourth-order valence-corrected chi connectivity index (χ4v) is 4.93. The Morgan fingerprint density at radius 3 is 2.81 bits per heavy atom. The lowest BCUT2D eigenvalue weighted by Crippen LogP contribution is -2.50. The number of hydrogen-bond acceptors (Lipinski definition) is 6. The van der Waals surface area contributed by atoms with Crippen LogP contribution in [0, 0.1) is 17.1 Å². The van der Waals surface area contributed by atoms with Gasteiger partial charge >= 0.3 is 0 Å². The number of benzene rings is 1. The quantitative estimate of drug-likeness (QED) is 0.704. The van der Waals surface area contributed by atoms with Gasteiger partial charge in [-0.25, -0.2) is 14.4 Å². The molecule has 2 aromatic heterocycles. The van der Waals surface area contributed by atoms with Gasteiger partial charge in [-0.05, 0) is 49.6 Å². The number of fused-ring (bicyclic) bond motifs is 1. The third-order valence-corrected chi connectivity index (χ3v) is 6.54. The maximum absolute atomic E-state index is 13.4. The number of nitrogens with zero attached hydrogens (tertiary/aromatic N) is 5. The molecule has 2 atom stereocenters. The number of aromatic amines is 1. The maximum Gasteiger partial charge on any atom is 0.258 e. The zero-order chi connectivity index (χ0) is 21.4. The van der Waals surface area contributed by atoms with Gasteiger partial charge < -0.3 is 9.88 Å². The molecular formula is C23H23FN6O. The van der Waals surface area contributed by atoms with Crippen molar-refractivity contribution < 1.29 is 4.39 Å². The van der Waals surface area contributed by atoms with Gasteiger partial charge in [0, 0.05) is 44.3 Å². The minimum atomic E-state index is -0.430. The van der Waals surface area contributed by atoms with Gasteiger partial charge in [0.05, 0.1) is 16.6 Å². The normalized spacial score (nSPS) is 22.0. The van der Waals surface area contributed by atoms with Gasteiger partial charge in [-0.15, -0.1) is 0 Å². The highest BCUT2D eigenvalue weighted by Crippen LogP contribution is 2.36. The SMILES string of the molecule is N#Cc1ncccc1N1CCN([C@@H]2CC[C@@H](c3nc4ccc(F)cc4c(=O)[nH]3)C2)CC1. The van der Waals surface area contributed by atoms with Crippen molar-refractivity contribution in [2.24, 2.45) is 0 Å². The molecule has 1 saturated heterocycles. The second-order valence-corrected chi connectivity index (χ2v) is 8.28. The molecule has 0 spiro atoms. The summed E-state index contributed by atoms with van der Waals surface area (Å²) < 4.78 is 13.4. The van der Waals surface area contributed by atoms with Crippen LogP contribution in [0.3, 0.4) is 0 Å². The van der Waals surface area contributed by atoms with Gasteiger partial charge in [-0.1, -0.05) is 0 Å². The van der Waals surface area contributed by atoms with E-state index < -0.39 is 5.82 Å². The standard InChI is InChI=1S/C23H23FN6O/c24-16-4-6-19-18(13-16)23(31)28-22(27-19)15-3-5-17(12-15)29-8-10-30(11-9-29)21-2-1-7-26-20(21)14-25/h1-2,4,6-7,13,15,17H,3,5,8-12H2,(H,27,28,31)/t15-,17-/m1/s1. The van der Waals surface area contributed by atoms with E-state index in [1.165, 1.54) is 12.1 Å². The first-order chi connectivity index (χ1) is 15.1. The number of piperazine rings is 1. The lowest BCUT2D eigenvalue weighted by atomic mass is 10.1. The molecule has 2 aliphatic rings. The van der Waals surface area contributed by atoms with E-state index in [1.54, 1.807) is 12.3 Å². The summed E-state index contributed by atoms with van der Waals surface area (Å²) in [5.41, 5.74) is 1.65.